The fourth-order valence-corrected chi connectivity index (χ4v) is 0.745. The lowest BCUT2D eigenvalue weighted by atomic mass is 10.2. The molecule has 0 N–H and O–H groups in total. The van der Waals surface area contributed by atoms with E-state index in [0.717, 1.165) is 12.8 Å². The molecule has 0 aliphatic heterocycles. The second-order valence-electron chi connectivity index (χ2n) is 2.34. The highest BCUT2D eigenvalue weighted by atomic mass is 16.5. The zero-order valence-electron chi connectivity index (χ0n) is 7.58. The van der Waals surface area contributed by atoms with Gasteiger partial charge < -0.3 is 4.74 Å². The van der Waals surface area contributed by atoms with Crippen LogP contribution in [0.1, 0.15) is 26.2 Å². The minimum absolute atomic E-state index is 0.124. The van der Waals surface area contributed by atoms with E-state index < -0.39 is 0 Å². The van der Waals surface area contributed by atoms with Crippen LogP contribution in [-0.2, 0) is 9.53 Å². The van der Waals surface area contributed by atoms with Crippen LogP contribution in [0.15, 0.2) is 24.8 Å². The number of carbonyl (C=O) groups excluding carboxylic acids is 1. The summed E-state index contributed by atoms with van der Waals surface area (Å²) >= 11 is 0. The summed E-state index contributed by atoms with van der Waals surface area (Å²) in [6.07, 6.45) is 7.88. The molecule has 12 heavy (non-hydrogen) atoms. The predicted octanol–water partition coefficient (Wildman–Crippen LogP) is 2.46. The summed E-state index contributed by atoms with van der Waals surface area (Å²) in [4.78, 5) is 10.8. The molecule has 0 fully saturated rings. The average molecular weight is 168 g/mol. The summed E-state index contributed by atoms with van der Waals surface area (Å²) in [6, 6.07) is 0. The zero-order chi connectivity index (χ0) is 9.23. The highest BCUT2D eigenvalue weighted by Crippen LogP contribution is 1.95. The zero-order valence-corrected chi connectivity index (χ0v) is 7.58. The predicted molar refractivity (Wildman–Crippen MR) is 49.8 cm³/mol. The van der Waals surface area contributed by atoms with Crippen LogP contribution in [-0.4, -0.2) is 12.6 Å². The van der Waals surface area contributed by atoms with Gasteiger partial charge in [-0.2, -0.15) is 0 Å². The second kappa shape index (κ2) is 8.05. The van der Waals surface area contributed by atoms with Crippen LogP contribution in [0.5, 0.6) is 0 Å². The molecule has 0 saturated carbocycles. The van der Waals surface area contributed by atoms with E-state index >= 15 is 0 Å². The second-order valence-corrected chi connectivity index (χ2v) is 2.34. The van der Waals surface area contributed by atoms with Gasteiger partial charge in [0.25, 0.3) is 0 Å². The Balaban J connectivity index is 3.29. The molecule has 0 unspecified atom stereocenters. The largest absolute Gasteiger partial charge is 0.466 e. The minimum atomic E-state index is -0.124. The van der Waals surface area contributed by atoms with Gasteiger partial charge in [0.1, 0.15) is 0 Å². The van der Waals surface area contributed by atoms with Gasteiger partial charge in [0.05, 0.1) is 6.61 Å². The Hall–Kier alpha value is -1.05. The molecular weight excluding hydrogens is 152 g/mol. The van der Waals surface area contributed by atoms with E-state index in [4.69, 9.17) is 4.74 Å². The molecule has 0 aromatic rings. The van der Waals surface area contributed by atoms with Crippen molar-refractivity contribution in [2.24, 2.45) is 0 Å². The summed E-state index contributed by atoms with van der Waals surface area (Å²) in [5.74, 6) is -0.124. The molecule has 2 heteroatoms. The normalized spacial score (nSPS) is 10.1. The third kappa shape index (κ3) is 7.06. The Morgan fingerprint density at radius 1 is 1.50 bits per heavy atom. The molecule has 0 aliphatic carbocycles. The smallest absolute Gasteiger partial charge is 0.306 e. The van der Waals surface area contributed by atoms with Gasteiger partial charge in [-0.15, -0.1) is 6.58 Å². The Morgan fingerprint density at radius 3 is 2.83 bits per heavy atom. The summed E-state index contributed by atoms with van der Waals surface area (Å²) in [7, 11) is 0. The highest BCUT2D eigenvalue weighted by molar-refractivity contribution is 5.69. The summed E-state index contributed by atoms with van der Waals surface area (Å²) in [5, 5.41) is 0. The fourth-order valence-electron chi connectivity index (χ4n) is 0.745. The van der Waals surface area contributed by atoms with E-state index in [0.29, 0.717) is 13.0 Å². The maximum atomic E-state index is 10.8. The Kier molecular flexibility index (Phi) is 7.35. The van der Waals surface area contributed by atoms with Crippen LogP contribution in [0.25, 0.3) is 0 Å². The van der Waals surface area contributed by atoms with Gasteiger partial charge in [-0.05, 0) is 19.8 Å². The first-order valence-corrected chi connectivity index (χ1v) is 4.22. The van der Waals surface area contributed by atoms with Gasteiger partial charge in [0, 0.05) is 6.42 Å². The lowest BCUT2D eigenvalue weighted by Gasteiger charge is -1.97. The Labute approximate surface area is 73.9 Å². The minimum Gasteiger partial charge on any atom is -0.466 e. The highest BCUT2D eigenvalue weighted by Gasteiger charge is 1.97. The van der Waals surface area contributed by atoms with Crippen molar-refractivity contribution in [2.75, 3.05) is 6.61 Å². The van der Waals surface area contributed by atoms with Crippen LogP contribution in [0, 0.1) is 0 Å². The maximum absolute atomic E-state index is 10.8. The van der Waals surface area contributed by atoms with Gasteiger partial charge >= 0.3 is 5.97 Å². The van der Waals surface area contributed by atoms with E-state index in [1.165, 1.54) is 0 Å². The number of hydrogen-bond acceptors (Lipinski definition) is 2. The average Bonchev–Trinajstić information content (AvgIpc) is 2.05. The Bertz CT molecular complexity index is 159. The number of carbonyl (C=O) groups is 1. The summed E-state index contributed by atoms with van der Waals surface area (Å²) in [5.41, 5.74) is 0. The molecule has 0 spiro atoms. The molecule has 0 rings (SSSR count). The molecule has 0 bridgehead atoms. The first-order chi connectivity index (χ1) is 5.81. The van der Waals surface area contributed by atoms with Gasteiger partial charge in [-0.25, -0.2) is 0 Å². The molecule has 0 saturated heterocycles. The summed E-state index contributed by atoms with van der Waals surface area (Å²) in [6.45, 7) is 5.86. The maximum Gasteiger partial charge on any atom is 0.306 e. The molecule has 0 aromatic carbocycles. The fraction of sp³-hybridized carbons (Fsp3) is 0.500. The van der Waals surface area contributed by atoms with Crippen molar-refractivity contribution in [3.8, 4) is 0 Å². The topological polar surface area (TPSA) is 26.3 Å². The van der Waals surface area contributed by atoms with E-state index in [-0.39, 0.29) is 5.97 Å². The van der Waals surface area contributed by atoms with Gasteiger partial charge in [0.2, 0.25) is 0 Å². The van der Waals surface area contributed by atoms with Crippen LogP contribution >= 0.6 is 0 Å². The number of rotatable bonds is 6. The molecule has 0 atom stereocenters. The lowest BCUT2D eigenvalue weighted by Crippen LogP contribution is -2.02. The molecule has 0 amide bonds. The lowest BCUT2D eigenvalue weighted by molar-refractivity contribution is -0.142. The van der Waals surface area contributed by atoms with Crippen molar-refractivity contribution in [3.63, 3.8) is 0 Å². The first kappa shape index (κ1) is 11.0. The van der Waals surface area contributed by atoms with Crippen LogP contribution < -0.4 is 0 Å². The molecule has 0 aliphatic rings. The van der Waals surface area contributed by atoms with Gasteiger partial charge in [-0.3, -0.25) is 4.79 Å². The first-order valence-electron chi connectivity index (χ1n) is 4.22. The SMILES string of the molecule is C=CC/C=C\CCC(=O)OCC. The van der Waals surface area contributed by atoms with E-state index in [1.54, 1.807) is 0 Å². The molecule has 0 radical (unpaired) electrons. The molecule has 0 heterocycles. The molecule has 68 valence electrons. The monoisotopic (exact) mass is 168 g/mol. The van der Waals surface area contributed by atoms with Crippen LogP contribution in [0.3, 0.4) is 0 Å². The third-order valence-corrected chi connectivity index (χ3v) is 1.29. The van der Waals surface area contributed by atoms with E-state index in [1.807, 2.05) is 25.2 Å². The third-order valence-electron chi connectivity index (χ3n) is 1.29. The quantitative estimate of drug-likeness (QED) is 0.450. The van der Waals surface area contributed by atoms with Crippen LogP contribution in [0.4, 0.5) is 0 Å². The molecular formula is C10H16O2. The van der Waals surface area contributed by atoms with Crippen molar-refractivity contribution >= 4 is 5.97 Å². The Morgan fingerprint density at radius 2 is 2.25 bits per heavy atom. The van der Waals surface area contributed by atoms with Crippen molar-refractivity contribution in [3.05, 3.63) is 24.8 Å². The molecule has 0 aromatic heterocycles. The summed E-state index contributed by atoms with van der Waals surface area (Å²) < 4.78 is 4.76. The van der Waals surface area contributed by atoms with Crippen LogP contribution in [0.2, 0.25) is 0 Å². The standard InChI is InChI=1S/C10H16O2/c1-3-5-6-7-8-9-10(11)12-4-2/h3,6-7H,1,4-5,8-9H2,2H3/b7-6-. The van der Waals surface area contributed by atoms with E-state index in [2.05, 4.69) is 6.58 Å². The number of esters is 1. The van der Waals surface area contributed by atoms with Crippen molar-refractivity contribution < 1.29 is 9.53 Å². The van der Waals surface area contributed by atoms with Crippen molar-refractivity contribution in [1.82, 2.24) is 0 Å². The van der Waals surface area contributed by atoms with Crippen molar-refractivity contribution in [2.45, 2.75) is 26.2 Å². The number of ether oxygens (including phenoxy) is 1. The van der Waals surface area contributed by atoms with Gasteiger partial charge in [-0.1, -0.05) is 18.2 Å². The van der Waals surface area contributed by atoms with Crippen molar-refractivity contribution in [1.29, 1.82) is 0 Å². The van der Waals surface area contributed by atoms with E-state index in [9.17, 15) is 4.79 Å². The number of hydrogen-bond donors (Lipinski definition) is 0. The van der Waals surface area contributed by atoms with Gasteiger partial charge in [0.15, 0.2) is 0 Å². The molecule has 2 nitrogen and oxygen atoms in total. The number of allylic oxidation sites excluding steroid dienone is 3.